The van der Waals surface area contributed by atoms with Gasteiger partial charge in [-0.3, -0.25) is 14.8 Å². The standard InChI is InChI=1S/C18H19F2N3/c19-14-4-5-18(20)13(7-14)9-22-11-17-8-16(22)12-23(17)10-15-3-1-2-6-21-15/h1-7,16-17H,8-12H2. The predicted molar refractivity (Wildman–Crippen MR) is 83.6 cm³/mol. The summed E-state index contributed by atoms with van der Waals surface area (Å²) in [6, 6.07) is 10.6. The molecule has 4 rings (SSSR count). The molecule has 3 heterocycles. The van der Waals surface area contributed by atoms with Crippen molar-refractivity contribution >= 4 is 0 Å². The Bertz CT molecular complexity index is 692. The van der Waals surface area contributed by atoms with E-state index in [1.54, 1.807) is 0 Å². The summed E-state index contributed by atoms with van der Waals surface area (Å²) in [5, 5.41) is 0. The molecule has 1 aromatic carbocycles. The minimum absolute atomic E-state index is 0.320. The third-order valence-electron chi connectivity index (χ3n) is 4.94. The number of pyridine rings is 1. The maximum atomic E-state index is 13.8. The Labute approximate surface area is 134 Å². The molecule has 2 aliphatic rings. The van der Waals surface area contributed by atoms with Crippen molar-refractivity contribution in [3.8, 4) is 0 Å². The average molecular weight is 315 g/mol. The summed E-state index contributed by atoms with van der Waals surface area (Å²) >= 11 is 0. The number of halogens is 2. The van der Waals surface area contributed by atoms with Crippen LogP contribution in [-0.2, 0) is 13.1 Å². The highest BCUT2D eigenvalue weighted by Crippen LogP contribution is 2.33. The van der Waals surface area contributed by atoms with Gasteiger partial charge in [-0.05, 0) is 36.8 Å². The van der Waals surface area contributed by atoms with E-state index in [-0.39, 0.29) is 11.6 Å². The van der Waals surface area contributed by atoms with Gasteiger partial charge in [0.05, 0.1) is 5.69 Å². The second-order valence-corrected chi connectivity index (χ2v) is 6.46. The largest absolute Gasteiger partial charge is 0.293 e. The van der Waals surface area contributed by atoms with Crippen LogP contribution in [-0.4, -0.2) is 40.0 Å². The number of hydrogen-bond donors (Lipinski definition) is 0. The number of nitrogens with zero attached hydrogens (tertiary/aromatic N) is 3. The molecule has 2 fully saturated rings. The molecule has 0 spiro atoms. The minimum atomic E-state index is -0.373. The van der Waals surface area contributed by atoms with Crippen molar-refractivity contribution in [1.29, 1.82) is 0 Å². The number of rotatable bonds is 4. The van der Waals surface area contributed by atoms with Gasteiger partial charge in [-0.25, -0.2) is 8.78 Å². The second kappa shape index (κ2) is 5.98. The van der Waals surface area contributed by atoms with E-state index in [1.165, 1.54) is 18.2 Å². The van der Waals surface area contributed by atoms with Crippen molar-refractivity contribution in [2.45, 2.75) is 31.6 Å². The minimum Gasteiger partial charge on any atom is -0.293 e. The number of piperazine rings is 1. The van der Waals surface area contributed by atoms with Gasteiger partial charge in [0.25, 0.3) is 0 Å². The molecule has 1 aromatic heterocycles. The Kier molecular flexibility index (Phi) is 3.83. The molecular formula is C18H19F2N3. The first kappa shape index (κ1) is 14.7. The SMILES string of the molecule is Fc1ccc(F)c(CN2CC3CC2CN3Cc2ccccn2)c1. The first-order valence-corrected chi connectivity index (χ1v) is 8.01. The number of aromatic nitrogens is 1. The van der Waals surface area contributed by atoms with Crippen molar-refractivity contribution in [1.82, 2.24) is 14.8 Å². The molecule has 3 nitrogen and oxygen atoms in total. The number of hydrogen-bond acceptors (Lipinski definition) is 3. The molecule has 2 aliphatic heterocycles. The molecule has 0 N–H and O–H groups in total. The smallest absolute Gasteiger partial charge is 0.127 e. The summed E-state index contributed by atoms with van der Waals surface area (Å²) in [4.78, 5) is 9.11. The van der Waals surface area contributed by atoms with E-state index < -0.39 is 0 Å². The molecule has 2 unspecified atom stereocenters. The molecule has 2 aromatic rings. The van der Waals surface area contributed by atoms with Crippen LogP contribution in [0.1, 0.15) is 17.7 Å². The van der Waals surface area contributed by atoms with Gasteiger partial charge in [-0.1, -0.05) is 6.07 Å². The Morgan fingerprint density at radius 3 is 2.48 bits per heavy atom. The molecule has 0 aliphatic carbocycles. The van der Waals surface area contributed by atoms with Crippen LogP contribution in [0.3, 0.4) is 0 Å². The van der Waals surface area contributed by atoms with Crippen molar-refractivity contribution in [2.75, 3.05) is 13.1 Å². The fourth-order valence-corrected chi connectivity index (χ4v) is 3.80. The van der Waals surface area contributed by atoms with E-state index in [0.717, 1.165) is 31.7 Å². The van der Waals surface area contributed by atoms with E-state index in [4.69, 9.17) is 0 Å². The van der Waals surface area contributed by atoms with Crippen LogP contribution < -0.4 is 0 Å². The van der Waals surface area contributed by atoms with Gasteiger partial charge in [0, 0.05) is 50.0 Å². The lowest BCUT2D eigenvalue weighted by Gasteiger charge is -2.34. The van der Waals surface area contributed by atoms with Gasteiger partial charge in [-0.15, -0.1) is 0 Å². The molecule has 0 amide bonds. The quantitative estimate of drug-likeness (QED) is 0.865. The van der Waals surface area contributed by atoms with Crippen LogP contribution in [0.25, 0.3) is 0 Å². The first-order chi connectivity index (χ1) is 11.2. The van der Waals surface area contributed by atoms with Gasteiger partial charge in [0.2, 0.25) is 0 Å². The monoisotopic (exact) mass is 315 g/mol. The second-order valence-electron chi connectivity index (χ2n) is 6.46. The van der Waals surface area contributed by atoms with Gasteiger partial charge in [0.1, 0.15) is 11.6 Å². The number of benzene rings is 1. The number of fused-ring (bicyclic) bond motifs is 2. The lowest BCUT2D eigenvalue weighted by Crippen LogP contribution is -2.45. The zero-order valence-corrected chi connectivity index (χ0v) is 12.8. The Morgan fingerprint density at radius 1 is 1.00 bits per heavy atom. The van der Waals surface area contributed by atoms with Crippen LogP contribution in [0.4, 0.5) is 8.78 Å². The van der Waals surface area contributed by atoms with Gasteiger partial charge < -0.3 is 0 Å². The van der Waals surface area contributed by atoms with Crippen LogP contribution >= 0.6 is 0 Å². The van der Waals surface area contributed by atoms with Crippen molar-refractivity contribution in [3.63, 3.8) is 0 Å². The topological polar surface area (TPSA) is 19.4 Å². The summed E-state index contributed by atoms with van der Waals surface area (Å²) in [5.74, 6) is -0.693. The molecule has 0 radical (unpaired) electrons. The molecule has 0 saturated carbocycles. The Morgan fingerprint density at radius 2 is 1.78 bits per heavy atom. The van der Waals surface area contributed by atoms with Crippen LogP contribution in [0.5, 0.6) is 0 Å². The van der Waals surface area contributed by atoms with Crippen molar-refractivity contribution in [3.05, 3.63) is 65.5 Å². The third-order valence-corrected chi connectivity index (χ3v) is 4.94. The van der Waals surface area contributed by atoms with E-state index >= 15 is 0 Å². The zero-order valence-electron chi connectivity index (χ0n) is 12.8. The summed E-state index contributed by atoms with van der Waals surface area (Å²) < 4.78 is 27.1. The van der Waals surface area contributed by atoms with Crippen molar-refractivity contribution < 1.29 is 8.78 Å². The van der Waals surface area contributed by atoms with Gasteiger partial charge in [-0.2, -0.15) is 0 Å². The summed E-state index contributed by atoms with van der Waals surface area (Å²) in [6.07, 6.45) is 2.92. The highest BCUT2D eigenvalue weighted by atomic mass is 19.1. The summed E-state index contributed by atoms with van der Waals surface area (Å²) in [6.45, 7) is 3.23. The predicted octanol–water partition coefficient (Wildman–Crippen LogP) is 2.82. The lowest BCUT2D eigenvalue weighted by molar-refractivity contribution is 0.116. The molecular weight excluding hydrogens is 296 g/mol. The molecule has 2 bridgehead atoms. The molecule has 23 heavy (non-hydrogen) atoms. The maximum absolute atomic E-state index is 13.8. The molecule has 2 atom stereocenters. The Balaban J connectivity index is 1.40. The van der Waals surface area contributed by atoms with Crippen LogP contribution in [0.15, 0.2) is 42.6 Å². The molecule has 120 valence electrons. The summed E-state index contributed by atoms with van der Waals surface area (Å²) in [5.41, 5.74) is 1.54. The van der Waals surface area contributed by atoms with Gasteiger partial charge in [0.15, 0.2) is 0 Å². The maximum Gasteiger partial charge on any atom is 0.127 e. The normalized spacial score (nSPS) is 24.4. The zero-order chi connectivity index (χ0) is 15.8. The van der Waals surface area contributed by atoms with Crippen LogP contribution in [0, 0.1) is 11.6 Å². The fourth-order valence-electron chi connectivity index (χ4n) is 3.80. The third kappa shape index (κ3) is 2.99. The van der Waals surface area contributed by atoms with E-state index in [9.17, 15) is 8.78 Å². The van der Waals surface area contributed by atoms with E-state index in [0.29, 0.717) is 24.2 Å². The highest BCUT2D eigenvalue weighted by molar-refractivity contribution is 5.19. The Hall–Kier alpha value is -1.85. The van der Waals surface area contributed by atoms with E-state index in [1.807, 2.05) is 24.4 Å². The average Bonchev–Trinajstić information content (AvgIpc) is 3.12. The fraction of sp³-hybridized carbons (Fsp3) is 0.389. The van der Waals surface area contributed by atoms with Gasteiger partial charge >= 0.3 is 0 Å². The number of likely N-dealkylation sites (tertiary alicyclic amines) is 2. The molecule has 2 saturated heterocycles. The summed E-state index contributed by atoms with van der Waals surface area (Å²) in [7, 11) is 0. The highest BCUT2D eigenvalue weighted by Gasteiger charge is 2.43. The lowest BCUT2D eigenvalue weighted by atomic mass is 10.1. The van der Waals surface area contributed by atoms with Crippen LogP contribution in [0.2, 0.25) is 0 Å². The molecule has 5 heteroatoms. The van der Waals surface area contributed by atoms with Crippen molar-refractivity contribution in [2.24, 2.45) is 0 Å². The first-order valence-electron chi connectivity index (χ1n) is 8.01. The van der Waals surface area contributed by atoms with E-state index in [2.05, 4.69) is 14.8 Å².